The van der Waals surface area contributed by atoms with Crippen LogP contribution in [-0.2, 0) is 28.6 Å². The van der Waals surface area contributed by atoms with Crippen LogP contribution in [0.4, 0.5) is 0 Å². The molecule has 6 nitrogen and oxygen atoms in total. The zero-order chi connectivity index (χ0) is 31.8. The van der Waals surface area contributed by atoms with E-state index in [4.69, 9.17) is 14.2 Å². The van der Waals surface area contributed by atoms with Crippen molar-refractivity contribution in [3.63, 3.8) is 0 Å². The van der Waals surface area contributed by atoms with Crippen LogP contribution in [0.5, 0.6) is 0 Å². The first-order chi connectivity index (χ1) is 19.9. The van der Waals surface area contributed by atoms with Crippen molar-refractivity contribution >= 4 is 17.9 Å². The summed E-state index contributed by atoms with van der Waals surface area (Å²) in [6, 6.07) is 0. The van der Waals surface area contributed by atoms with Gasteiger partial charge in [-0.25, -0.2) is 0 Å². The highest BCUT2D eigenvalue weighted by atomic mass is 16.6. The van der Waals surface area contributed by atoms with Crippen molar-refractivity contribution in [1.82, 2.24) is 0 Å². The van der Waals surface area contributed by atoms with Gasteiger partial charge in [0.25, 0.3) is 0 Å². The molecule has 0 amide bonds. The molecule has 0 saturated heterocycles. The number of carbonyl (C=O) groups excluding carboxylic acids is 3. The highest BCUT2D eigenvalue weighted by molar-refractivity contribution is 5.79. The molecule has 5 rings (SSSR count). The van der Waals surface area contributed by atoms with Crippen molar-refractivity contribution in [2.45, 2.75) is 146 Å². The lowest BCUT2D eigenvalue weighted by Crippen LogP contribution is -2.67. The minimum atomic E-state index is -0.468. The van der Waals surface area contributed by atoms with E-state index in [2.05, 4.69) is 61.5 Å². The van der Waals surface area contributed by atoms with Crippen LogP contribution in [0.25, 0.3) is 0 Å². The van der Waals surface area contributed by atoms with Gasteiger partial charge in [0.1, 0.15) is 12.2 Å². The van der Waals surface area contributed by atoms with Crippen molar-refractivity contribution in [3.05, 3.63) is 11.6 Å². The lowest BCUT2D eigenvalue weighted by molar-refractivity contribution is -0.244. The van der Waals surface area contributed by atoms with E-state index in [0.29, 0.717) is 24.9 Å². The minimum absolute atomic E-state index is 0.0235. The molecule has 0 aromatic heterocycles. The summed E-state index contributed by atoms with van der Waals surface area (Å²) in [6.07, 6.45) is 11.2. The molecule has 5 aliphatic rings. The fourth-order valence-electron chi connectivity index (χ4n) is 11.8. The largest absolute Gasteiger partial charge is 0.465 e. The molecule has 0 heterocycles. The van der Waals surface area contributed by atoms with E-state index in [0.717, 1.165) is 57.8 Å². The summed E-state index contributed by atoms with van der Waals surface area (Å²) in [4.78, 5) is 38.5. The van der Waals surface area contributed by atoms with E-state index < -0.39 is 17.6 Å². The van der Waals surface area contributed by atoms with Crippen molar-refractivity contribution in [3.8, 4) is 0 Å². The van der Waals surface area contributed by atoms with Crippen LogP contribution in [0.1, 0.15) is 133 Å². The van der Waals surface area contributed by atoms with Gasteiger partial charge < -0.3 is 14.2 Å². The highest BCUT2D eigenvalue weighted by Gasteiger charge is 2.71. The molecule has 0 bridgehead atoms. The number of allylic oxidation sites excluding steroid dienone is 2. The Bertz CT molecular complexity index is 1180. The normalized spacial score (nSPS) is 44.3. The third-order valence-electron chi connectivity index (χ3n) is 14.0. The summed E-state index contributed by atoms with van der Waals surface area (Å²) in [7, 11) is 0. The second-order valence-corrected chi connectivity index (χ2v) is 17.2. The Morgan fingerprint density at radius 2 is 1.49 bits per heavy atom. The molecule has 0 unspecified atom stereocenters. The Morgan fingerprint density at radius 1 is 0.837 bits per heavy atom. The van der Waals surface area contributed by atoms with Gasteiger partial charge in [-0.05, 0) is 104 Å². The summed E-state index contributed by atoms with van der Waals surface area (Å²) >= 11 is 0. The van der Waals surface area contributed by atoms with Gasteiger partial charge in [0.2, 0.25) is 0 Å². The molecule has 0 aromatic carbocycles. The first-order valence-electron chi connectivity index (χ1n) is 17.1. The molecule has 0 spiro atoms. The second-order valence-electron chi connectivity index (χ2n) is 17.2. The Labute approximate surface area is 260 Å². The highest BCUT2D eigenvalue weighted by Crippen LogP contribution is 2.76. The number of carbonyl (C=O) groups is 3. The van der Waals surface area contributed by atoms with Gasteiger partial charge >= 0.3 is 17.9 Å². The third kappa shape index (κ3) is 4.82. The van der Waals surface area contributed by atoms with Gasteiger partial charge in [0.15, 0.2) is 0 Å². The van der Waals surface area contributed by atoms with E-state index in [9.17, 15) is 14.4 Å². The van der Waals surface area contributed by atoms with Crippen LogP contribution in [0.3, 0.4) is 0 Å². The summed E-state index contributed by atoms with van der Waals surface area (Å²) in [6.45, 7) is 22.1. The molecular formula is C37H58O6. The Morgan fingerprint density at radius 3 is 2.12 bits per heavy atom. The Kier molecular flexibility index (Phi) is 8.03. The van der Waals surface area contributed by atoms with Crippen LogP contribution in [0.2, 0.25) is 0 Å². The third-order valence-corrected chi connectivity index (χ3v) is 14.0. The van der Waals surface area contributed by atoms with Crippen molar-refractivity contribution in [2.75, 3.05) is 6.61 Å². The maximum atomic E-state index is 13.9. The van der Waals surface area contributed by atoms with E-state index >= 15 is 0 Å². The Hall–Kier alpha value is -1.85. The molecule has 9 atom stereocenters. The van der Waals surface area contributed by atoms with Gasteiger partial charge in [-0.1, -0.05) is 67.0 Å². The molecule has 0 radical (unpaired) electrons. The van der Waals surface area contributed by atoms with Crippen LogP contribution < -0.4 is 0 Å². The lowest BCUT2D eigenvalue weighted by Gasteiger charge is -2.71. The smallest absolute Gasteiger partial charge is 0.312 e. The van der Waals surface area contributed by atoms with Gasteiger partial charge in [0.05, 0.1) is 12.0 Å². The van der Waals surface area contributed by atoms with Gasteiger partial charge in [-0.15, -0.1) is 0 Å². The first kappa shape index (κ1) is 32.5. The van der Waals surface area contributed by atoms with E-state index in [1.165, 1.54) is 19.4 Å². The summed E-state index contributed by atoms with van der Waals surface area (Å²) in [5.41, 5.74) is 0.868. The van der Waals surface area contributed by atoms with Gasteiger partial charge in [0, 0.05) is 19.3 Å². The topological polar surface area (TPSA) is 78.9 Å². The fourth-order valence-corrected chi connectivity index (χ4v) is 11.8. The van der Waals surface area contributed by atoms with Gasteiger partial charge in [-0.2, -0.15) is 0 Å². The monoisotopic (exact) mass is 598 g/mol. The molecule has 0 N–H and O–H groups in total. The number of ether oxygens (including phenoxy) is 3. The molecule has 4 fully saturated rings. The van der Waals surface area contributed by atoms with Crippen LogP contribution in [0, 0.1) is 50.2 Å². The predicted octanol–water partition coefficient (Wildman–Crippen LogP) is 8.21. The van der Waals surface area contributed by atoms with Gasteiger partial charge in [-0.3, -0.25) is 14.4 Å². The number of esters is 3. The number of hydrogen-bond acceptors (Lipinski definition) is 6. The van der Waals surface area contributed by atoms with Crippen molar-refractivity contribution in [2.24, 2.45) is 50.2 Å². The van der Waals surface area contributed by atoms with E-state index in [1.54, 1.807) is 0 Å². The van der Waals surface area contributed by atoms with Crippen molar-refractivity contribution in [1.29, 1.82) is 0 Å². The Balaban J connectivity index is 1.57. The molecule has 242 valence electrons. The number of rotatable bonds is 5. The molecule has 43 heavy (non-hydrogen) atoms. The maximum absolute atomic E-state index is 13.9. The molecule has 4 saturated carbocycles. The molecule has 0 aliphatic heterocycles. The summed E-state index contributed by atoms with van der Waals surface area (Å²) < 4.78 is 17.9. The summed E-state index contributed by atoms with van der Waals surface area (Å²) in [5, 5.41) is 0. The molecule has 5 aliphatic carbocycles. The SMILES string of the molecule is CCCOC(=O)[C@]12CCC(C)(C)C[C@@H]1C1=CC[C@@H]3[C@@]4(C)C[C@H](OC(C)=O)[C@H](OC(C)=O)C(C)(C)[C@H]4CC[C@@]3(C)[C@]1(C)CC2. The van der Waals surface area contributed by atoms with E-state index in [-0.39, 0.29) is 50.9 Å². The van der Waals surface area contributed by atoms with E-state index in [1.807, 2.05) is 0 Å². The lowest BCUT2D eigenvalue weighted by atomic mass is 9.33. The maximum Gasteiger partial charge on any atom is 0.312 e. The average molecular weight is 599 g/mol. The summed E-state index contributed by atoms with van der Waals surface area (Å²) in [5.74, 6) is 0.320. The van der Waals surface area contributed by atoms with Crippen molar-refractivity contribution < 1.29 is 28.6 Å². The number of hydrogen-bond donors (Lipinski definition) is 0. The molecule has 0 aromatic rings. The second kappa shape index (κ2) is 10.6. The predicted molar refractivity (Wildman–Crippen MR) is 167 cm³/mol. The zero-order valence-corrected chi connectivity index (χ0v) is 28.7. The number of fused-ring (bicyclic) bond motifs is 7. The average Bonchev–Trinajstić information content (AvgIpc) is 2.89. The van der Waals surface area contributed by atoms with Crippen LogP contribution in [-0.4, -0.2) is 36.7 Å². The zero-order valence-electron chi connectivity index (χ0n) is 28.7. The molecule has 6 heteroatoms. The van der Waals surface area contributed by atoms with Crippen LogP contribution in [0.15, 0.2) is 11.6 Å². The first-order valence-corrected chi connectivity index (χ1v) is 17.1. The minimum Gasteiger partial charge on any atom is -0.465 e. The fraction of sp³-hybridized carbons (Fsp3) is 0.865. The quantitative estimate of drug-likeness (QED) is 0.180. The molecular weight excluding hydrogens is 540 g/mol. The standard InChI is InChI=1S/C37H58O6/c1-11-20-41-31(40)37-18-16-32(4,5)21-26(37)25-12-13-29-34(8)22-27(42-23(2)38)30(43-24(3)39)33(6,7)28(34)14-15-36(29,10)35(25,9)17-19-37/h12,26-30H,11,13-22H2,1-10H3/t26-,27+,28-,29-,30+,34+,35-,36-,37+/m1/s1. The van der Waals surface area contributed by atoms with Crippen LogP contribution >= 0.6 is 0 Å².